The zero-order valence-corrected chi connectivity index (χ0v) is 9.45. The molecule has 1 saturated heterocycles. The number of likely N-dealkylation sites (tertiary alicyclic amines) is 1. The van der Waals surface area contributed by atoms with Crippen LogP contribution < -0.4 is 11.3 Å². The summed E-state index contributed by atoms with van der Waals surface area (Å²) in [6, 6.07) is 0.542. The number of hydrazine groups is 1. The lowest BCUT2D eigenvalue weighted by Crippen LogP contribution is -2.51. The molecule has 2 atom stereocenters. The highest BCUT2D eigenvalue weighted by Crippen LogP contribution is 2.21. The molecule has 1 aliphatic rings. The third kappa shape index (κ3) is 2.61. The molecular formula is C10H22N4. The number of guanidine groups is 1. The molecule has 1 rings (SSSR count). The fourth-order valence-corrected chi connectivity index (χ4v) is 2.09. The van der Waals surface area contributed by atoms with E-state index in [1.807, 2.05) is 6.92 Å². The Morgan fingerprint density at radius 2 is 2.29 bits per heavy atom. The molecule has 14 heavy (non-hydrogen) atoms. The maximum absolute atomic E-state index is 5.46. The highest BCUT2D eigenvalue weighted by atomic mass is 15.4. The van der Waals surface area contributed by atoms with Gasteiger partial charge in [0.15, 0.2) is 0 Å². The summed E-state index contributed by atoms with van der Waals surface area (Å²) in [5.74, 6) is 7.13. The van der Waals surface area contributed by atoms with E-state index in [0.29, 0.717) is 6.04 Å². The van der Waals surface area contributed by atoms with E-state index in [1.165, 1.54) is 12.8 Å². The van der Waals surface area contributed by atoms with Gasteiger partial charge in [-0.3, -0.25) is 10.4 Å². The third-order valence-electron chi connectivity index (χ3n) is 2.85. The summed E-state index contributed by atoms with van der Waals surface area (Å²) in [5, 5.41) is 0. The van der Waals surface area contributed by atoms with Crippen molar-refractivity contribution in [1.82, 2.24) is 10.3 Å². The van der Waals surface area contributed by atoms with Gasteiger partial charge in [0.05, 0.1) is 0 Å². The van der Waals surface area contributed by atoms with Crippen molar-refractivity contribution in [2.45, 2.75) is 39.7 Å². The smallest absolute Gasteiger partial charge is 0.208 e. The maximum atomic E-state index is 5.46. The van der Waals surface area contributed by atoms with Gasteiger partial charge in [-0.2, -0.15) is 0 Å². The number of rotatable bonds is 1. The molecule has 1 aliphatic heterocycles. The highest BCUT2D eigenvalue weighted by molar-refractivity contribution is 5.79. The number of nitrogens with one attached hydrogen (secondary N) is 1. The highest BCUT2D eigenvalue weighted by Gasteiger charge is 2.24. The van der Waals surface area contributed by atoms with Crippen molar-refractivity contribution in [2.75, 3.05) is 13.1 Å². The van der Waals surface area contributed by atoms with E-state index in [4.69, 9.17) is 5.84 Å². The second kappa shape index (κ2) is 5.20. The van der Waals surface area contributed by atoms with Crippen LogP contribution in [0.4, 0.5) is 0 Å². The Morgan fingerprint density at radius 1 is 1.57 bits per heavy atom. The Kier molecular flexibility index (Phi) is 4.20. The monoisotopic (exact) mass is 198 g/mol. The summed E-state index contributed by atoms with van der Waals surface area (Å²) in [6.07, 6.45) is 2.46. The Balaban J connectivity index is 2.62. The SMILES string of the molecule is CCN=C(NN)N1CCC(C)CC1C. The van der Waals surface area contributed by atoms with Crippen molar-refractivity contribution < 1.29 is 0 Å². The van der Waals surface area contributed by atoms with Crippen LogP contribution in [-0.4, -0.2) is 30.0 Å². The zero-order valence-electron chi connectivity index (χ0n) is 9.45. The van der Waals surface area contributed by atoms with Gasteiger partial charge < -0.3 is 4.90 Å². The van der Waals surface area contributed by atoms with Crippen LogP contribution in [0.1, 0.15) is 33.6 Å². The average Bonchev–Trinajstić information content (AvgIpc) is 2.15. The van der Waals surface area contributed by atoms with Crippen molar-refractivity contribution in [3.05, 3.63) is 0 Å². The second-order valence-electron chi connectivity index (χ2n) is 4.11. The van der Waals surface area contributed by atoms with Crippen LogP contribution >= 0.6 is 0 Å². The number of hydrogen-bond acceptors (Lipinski definition) is 2. The van der Waals surface area contributed by atoms with Gasteiger partial charge in [0.25, 0.3) is 0 Å². The van der Waals surface area contributed by atoms with Crippen LogP contribution in [0.5, 0.6) is 0 Å². The van der Waals surface area contributed by atoms with E-state index < -0.39 is 0 Å². The molecule has 1 fully saturated rings. The summed E-state index contributed by atoms with van der Waals surface area (Å²) in [4.78, 5) is 6.62. The van der Waals surface area contributed by atoms with Gasteiger partial charge in [0.1, 0.15) is 0 Å². The summed E-state index contributed by atoms with van der Waals surface area (Å²) >= 11 is 0. The molecule has 4 heteroatoms. The van der Waals surface area contributed by atoms with Crippen molar-refractivity contribution >= 4 is 5.96 Å². The zero-order chi connectivity index (χ0) is 10.6. The van der Waals surface area contributed by atoms with Gasteiger partial charge in [-0.05, 0) is 32.6 Å². The van der Waals surface area contributed by atoms with Crippen LogP contribution in [0.3, 0.4) is 0 Å². The standard InChI is InChI=1S/C10H22N4/c1-4-12-10(13-11)14-6-5-8(2)7-9(14)3/h8-9H,4-7,11H2,1-3H3,(H,12,13). The third-order valence-corrected chi connectivity index (χ3v) is 2.85. The Morgan fingerprint density at radius 3 is 2.79 bits per heavy atom. The van der Waals surface area contributed by atoms with Crippen LogP contribution in [0.25, 0.3) is 0 Å². The molecule has 3 N–H and O–H groups in total. The minimum Gasteiger partial charge on any atom is -0.339 e. The minimum absolute atomic E-state index is 0.542. The number of piperidine rings is 1. The maximum Gasteiger partial charge on any atom is 0.208 e. The molecular weight excluding hydrogens is 176 g/mol. The molecule has 4 nitrogen and oxygen atoms in total. The van der Waals surface area contributed by atoms with Crippen LogP contribution in [0.2, 0.25) is 0 Å². The van der Waals surface area contributed by atoms with E-state index in [-0.39, 0.29) is 0 Å². The summed E-state index contributed by atoms with van der Waals surface area (Å²) in [6.45, 7) is 8.40. The van der Waals surface area contributed by atoms with Gasteiger partial charge in [-0.25, -0.2) is 5.84 Å². The van der Waals surface area contributed by atoms with E-state index in [1.54, 1.807) is 0 Å². The fraction of sp³-hybridized carbons (Fsp3) is 0.900. The van der Waals surface area contributed by atoms with E-state index in [9.17, 15) is 0 Å². The first-order chi connectivity index (χ1) is 6.69. The first kappa shape index (κ1) is 11.3. The second-order valence-corrected chi connectivity index (χ2v) is 4.11. The molecule has 0 radical (unpaired) electrons. The summed E-state index contributed by atoms with van der Waals surface area (Å²) < 4.78 is 0. The molecule has 0 saturated carbocycles. The topological polar surface area (TPSA) is 53.6 Å². The summed E-state index contributed by atoms with van der Waals surface area (Å²) in [5.41, 5.74) is 2.69. The molecule has 0 bridgehead atoms. The average molecular weight is 198 g/mol. The molecule has 0 spiro atoms. The summed E-state index contributed by atoms with van der Waals surface area (Å²) in [7, 11) is 0. The Hall–Kier alpha value is -0.770. The van der Waals surface area contributed by atoms with Crippen LogP contribution in [-0.2, 0) is 0 Å². The van der Waals surface area contributed by atoms with Gasteiger partial charge in [0.2, 0.25) is 5.96 Å². The van der Waals surface area contributed by atoms with E-state index in [0.717, 1.165) is 25.0 Å². The lowest BCUT2D eigenvalue weighted by molar-refractivity contribution is 0.204. The van der Waals surface area contributed by atoms with Crippen molar-refractivity contribution in [2.24, 2.45) is 16.8 Å². The molecule has 82 valence electrons. The van der Waals surface area contributed by atoms with Gasteiger partial charge in [-0.1, -0.05) is 6.92 Å². The van der Waals surface area contributed by atoms with E-state index in [2.05, 4.69) is 29.2 Å². The molecule has 0 aromatic carbocycles. The number of hydrogen-bond donors (Lipinski definition) is 2. The number of aliphatic imine (C=N–C) groups is 1. The molecule has 2 unspecified atom stereocenters. The number of nitrogens with two attached hydrogens (primary N) is 1. The lowest BCUT2D eigenvalue weighted by atomic mass is 9.94. The van der Waals surface area contributed by atoms with Gasteiger partial charge >= 0.3 is 0 Å². The minimum atomic E-state index is 0.542. The quantitative estimate of drug-likeness (QED) is 0.285. The largest absolute Gasteiger partial charge is 0.339 e. The van der Waals surface area contributed by atoms with Gasteiger partial charge in [0, 0.05) is 19.1 Å². The lowest BCUT2D eigenvalue weighted by Gasteiger charge is -2.38. The molecule has 0 aromatic rings. The predicted molar refractivity (Wildman–Crippen MR) is 59.9 cm³/mol. The normalized spacial score (nSPS) is 29.1. The molecule has 0 aromatic heterocycles. The Bertz CT molecular complexity index is 202. The number of nitrogens with zero attached hydrogens (tertiary/aromatic N) is 2. The first-order valence-electron chi connectivity index (χ1n) is 5.46. The first-order valence-corrected chi connectivity index (χ1v) is 5.46. The van der Waals surface area contributed by atoms with Crippen LogP contribution in [0.15, 0.2) is 4.99 Å². The molecule has 1 heterocycles. The molecule has 0 aliphatic carbocycles. The molecule has 0 amide bonds. The van der Waals surface area contributed by atoms with Crippen molar-refractivity contribution in [3.63, 3.8) is 0 Å². The van der Waals surface area contributed by atoms with Crippen LogP contribution in [0, 0.1) is 5.92 Å². The van der Waals surface area contributed by atoms with Crippen molar-refractivity contribution in [3.8, 4) is 0 Å². The predicted octanol–water partition coefficient (Wildman–Crippen LogP) is 0.946. The van der Waals surface area contributed by atoms with E-state index >= 15 is 0 Å². The fourth-order valence-electron chi connectivity index (χ4n) is 2.09. The Labute approximate surface area is 86.5 Å². The van der Waals surface area contributed by atoms with Gasteiger partial charge in [-0.15, -0.1) is 0 Å². The van der Waals surface area contributed by atoms with Crippen molar-refractivity contribution in [1.29, 1.82) is 0 Å².